The van der Waals surface area contributed by atoms with Crippen molar-refractivity contribution < 1.29 is 0 Å². The van der Waals surface area contributed by atoms with Crippen molar-refractivity contribution in [2.24, 2.45) is 16.0 Å². The van der Waals surface area contributed by atoms with E-state index in [2.05, 4.69) is 28.3 Å². The Labute approximate surface area is 141 Å². The summed E-state index contributed by atoms with van der Waals surface area (Å²) >= 11 is 6.18. The summed E-state index contributed by atoms with van der Waals surface area (Å²) < 4.78 is 0. The molecule has 0 aromatic heterocycles. The zero-order valence-corrected chi connectivity index (χ0v) is 13.9. The third-order valence-corrected chi connectivity index (χ3v) is 4.72. The van der Waals surface area contributed by atoms with Gasteiger partial charge < -0.3 is 10.2 Å². The lowest BCUT2D eigenvalue weighted by molar-refractivity contribution is 0.356. The van der Waals surface area contributed by atoms with Crippen LogP contribution in [-0.4, -0.2) is 43.1 Å². The number of benzene rings is 1. The molecule has 1 aromatic rings. The average Bonchev–Trinajstić information content (AvgIpc) is 2.61. The lowest BCUT2D eigenvalue weighted by Gasteiger charge is -2.38. The van der Waals surface area contributed by atoms with Crippen LogP contribution in [0.25, 0.3) is 0 Å². The molecule has 1 saturated heterocycles. The fourth-order valence-corrected chi connectivity index (χ4v) is 3.32. The first-order valence-electron chi connectivity index (χ1n) is 8.16. The van der Waals surface area contributed by atoms with Crippen LogP contribution in [0.5, 0.6) is 0 Å². The fraction of sp³-hybridized carbons (Fsp3) is 0.412. The molecule has 5 nitrogen and oxygen atoms in total. The summed E-state index contributed by atoms with van der Waals surface area (Å²) in [5.74, 6) is 1.38. The first kappa shape index (κ1) is 14.7. The number of anilines is 1. The minimum absolute atomic E-state index is 0.357. The summed E-state index contributed by atoms with van der Waals surface area (Å²) in [5.41, 5.74) is 2.96. The molecule has 3 heterocycles. The Morgan fingerprint density at radius 2 is 2.13 bits per heavy atom. The summed E-state index contributed by atoms with van der Waals surface area (Å²) in [6.45, 7) is 6.08. The van der Waals surface area contributed by atoms with E-state index in [4.69, 9.17) is 16.6 Å². The van der Waals surface area contributed by atoms with Gasteiger partial charge in [-0.2, -0.15) is 5.10 Å². The van der Waals surface area contributed by atoms with E-state index in [1.165, 1.54) is 0 Å². The van der Waals surface area contributed by atoms with E-state index in [9.17, 15) is 0 Å². The molecule has 1 unspecified atom stereocenters. The van der Waals surface area contributed by atoms with Crippen molar-refractivity contribution in [2.45, 2.75) is 13.3 Å². The van der Waals surface area contributed by atoms with E-state index in [0.717, 1.165) is 55.5 Å². The average molecular weight is 330 g/mol. The first-order chi connectivity index (χ1) is 11.3. The van der Waals surface area contributed by atoms with Gasteiger partial charge >= 0.3 is 0 Å². The molecule has 1 N–H and O–H groups in total. The Morgan fingerprint density at radius 1 is 1.30 bits per heavy atom. The largest absolute Gasteiger partial charge is 0.352 e. The summed E-state index contributed by atoms with van der Waals surface area (Å²) in [5, 5.41) is 10.8. The Hall–Kier alpha value is -1.85. The van der Waals surface area contributed by atoms with Gasteiger partial charge in [-0.1, -0.05) is 18.5 Å². The number of allylic oxidation sites excluding steroid dienone is 1. The van der Waals surface area contributed by atoms with Crippen molar-refractivity contribution in [1.29, 1.82) is 0 Å². The van der Waals surface area contributed by atoms with E-state index in [1.54, 1.807) is 0 Å². The molecule has 1 aromatic carbocycles. The highest BCUT2D eigenvalue weighted by Gasteiger charge is 2.31. The first-order valence-corrected chi connectivity index (χ1v) is 8.54. The molecule has 1 fully saturated rings. The fourth-order valence-electron chi connectivity index (χ4n) is 3.16. The predicted octanol–water partition coefficient (Wildman–Crippen LogP) is 3.00. The van der Waals surface area contributed by atoms with Gasteiger partial charge in [0.2, 0.25) is 0 Å². The molecule has 0 bridgehead atoms. The molecular weight excluding hydrogens is 310 g/mol. The molecule has 120 valence electrons. The molecule has 1 atom stereocenters. The Balaban J connectivity index is 1.82. The van der Waals surface area contributed by atoms with Gasteiger partial charge in [0, 0.05) is 43.3 Å². The number of amidine groups is 1. The monoisotopic (exact) mass is 329 g/mol. The van der Waals surface area contributed by atoms with Crippen LogP contribution in [0.1, 0.15) is 13.3 Å². The Kier molecular flexibility index (Phi) is 3.83. The molecular formula is C17H20ClN5. The smallest absolute Gasteiger partial charge is 0.155 e. The third kappa shape index (κ3) is 2.64. The number of nitrogens with one attached hydrogen (secondary N) is 1. The normalized spacial score (nSPS) is 23.1. The SMILES string of the molecule is CCC1C=NN2C(=C1)C(N1CCNCC1)=Nc1ccc(Cl)cc12. The minimum atomic E-state index is 0.357. The van der Waals surface area contributed by atoms with Crippen molar-refractivity contribution in [2.75, 3.05) is 31.2 Å². The number of hydrazone groups is 1. The zero-order chi connectivity index (χ0) is 15.8. The summed E-state index contributed by atoms with van der Waals surface area (Å²) in [7, 11) is 0. The van der Waals surface area contributed by atoms with E-state index in [-0.39, 0.29) is 0 Å². The molecule has 3 aliphatic rings. The maximum atomic E-state index is 6.18. The van der Waals surface area contributed by atoms with Gasteiger partial charge in [-0.25, -0.2) is 10.0 Å². The number of rotatable bonds is 1. The van der Waals surface area contributed by atoms with Crippen LogP contribution >= 0.6 is 11.6 Å². The number of halogens is 1. The van der Waals surface area contributed by atoms with Gasteiger partial charge in [0.25, 0.3) is 0 Å². The molecule has 4 rings (SSSR count). The number of hydrogen-bond donors (Lipinski definition) is 1. The quantitative estimate of drug-likeness (QED) is 0.861. The molecule has 0 spiro atoms. The second kappa shape index (κ2) is 5.98. The summed E-state index contributed by atoms with van der Waals surface area (Å²) in [4.78, 5) is 7.28. The van der Waals surface area contributed by atoms with Crippen LogP contribution in [-0.2, 0) is 0 Å². The topological polar surface area (TPSA) is 43.2 Å². The number of fused-ring (bicyclic) bond motifs is 3. The molecule has 0 radical (unpaired) electrons. The second-order valence-electron chi connectivity index (χ2n) is 6.01. The van der Waals surface area contributed by atoms with Crippen LogP contribution in [0, 0.1) is 5.92 Å². The number of nitrogens with zero attached hydrogens (tertiary/aromatic N) is 4. The van der Waals surface area contributed by atoms with Gasteiger partial charge in [0.15, 0.2) is 5.84 Å². The zero-order valence-electron chi connectivity index (χ0n) is 13.2. The van der Waals surface area contributed by atoms with Crippen molar-refractivity contribution in [1.82, 2.24) is 10.2 Å². The number of hydrogen-bond acceptors (Lipinski definition) is 5. The van der Waals surface area contributed by atoms with E-state index in [1.807, 2.05) is 29.4 Å². The predicted molar refractivity (Wildman–Crippen MR) is 95.8 cm³/mol. The second-order valence-corrected chi connectivity index (χ2v) is 6.44. The number of aliphatic imine (C=N–C) groups is 1. The van der Waals surface area contributed by atoms with Crippen molar-refractivity contribution in [3.63, 3.8) is 0 Å². The summed E-state index contributed by atoms with van der Waals surface area (Å²) in [6.07, 6.45) is 5.32. The number of piperazine rings is 1. The van der Waals surface area contributed by atoms with Crippen LogP contribution in [0.3, 0.4) is 0 Å². The molecule has 0 amide bonds. The molecule has 6 heteroatoms. The van der Waals surface area contributed by atoms with Crippen LogP contribution < -0.4 is 10.3 Å². The van der Waals surface area contributed by atoms with E-state index in [0.29, 0.717) is 10.9 Å². The van der Waals surface area contributed by atoms with Gasteiger partial charge in [-0.15, -0.1) is 0 Å². The van der Waals surface area contributed by atoms with Crippen LogP contribution in [0.2, 0.25) is 5.02 Å². The molecule has 0 saturated carbocycles. The lowest BCUT2D eigenvalue weighted by Crippen LogP contribution is -2.49. The Morgan fingerprint density at radius 3 is 2.91 bits per heavy atom. The summed E-state index contributed by atoms with van der Waals surface area (Å²) in [6, 6.07) is 5.79. The maximum Gasteiger partial charge on any atom is 0.155 e. The van der Waals surface area contributed by atoms with Crippen molar-refractivity contribution in [3.05, 3.63) is 35.0 Å². The van der Waals surface area contributed by atoms with Gasteiger partial charge in [-0.05, 0) is 30.7 Å². The standard InChI is InChI=1S/C17H20ClN5/c1-2-12-9-16-17(22-7-5-19-6-8-22)21-14-4-3-13(18)10-15(14)23(16)20-11-12/h3-4,9-12,19H,2,5-8H2,1H3. The van der Waals surface area contributed by atoms with E-state index < -0.39 is 0 Å². The third-order valence-electron chi connectivity index (χ3n) is 4.48. The molecule has 23 heavy (non-hydrogen) atoms. The van der Waals surface area contributed by atoms with Gasteiger partial charge in [0.05, 0.1) is 11.4 Å². The van der Waals surface area contributed by atoms with Crippen LogP contribution in [0.4, 0.5) is 11.4 Å². The Bertz CT molecular complexity index is 703. The maximum absolute atomic E-state index is 6.18. The highest BCUT2D eigenvalue weighted by atomic mass is 35.5. The molecule has 0 aliphatic carbocycles. The van der Waals surface area contributed by atoms with Crippen LogP contribution in [0.15, 0.2) is 40.1 Å². The van der Waals surface area contributed by atoms with Gasteiger partial charge in [0.1, 0.15) is 5.70 Å². The highest BCUT2D eigenvalue weighted by molar-refractivity contribution is 6.31. The van der Waals surface area contributed by atoms with Crippen molar-refractivity contribution >= 4 is 35.0 Å². The van der Waals surface area contributed by atoms with Crippen molar-refractivity contribution in [3.8, 4) is 0 Å². The van der Waals surface area contributed by atoms with Gasteiger partial charge in [-0.3, -0.25) is 0 Å². The minimum Gasteiger partial charge on any atom is -0.352 e. The molecule has 3 aliphatic heterocycles. The lowest BCUT2D eigenvalue weighted by atomic mass is 10.0. The van der Waals surface area contributed by atoms with E-state index >= 15 is 0 Å². The highest BCUT2D eigenvalue weighted by Crippen LogP contribution is 2.40.